The Kier molecular flexibility index (Phi) is 5.43. The predicted molar refractivity (Wildman–Crippen MR) is 44.3 cm³/mol. The van der Waals surface area contributed by atoms with Crippen LogP contribution in [0.15, 0.2) is 5.16 Å². The molecule has 0 aromatic heterocycles. The van der Waals surface area contributed by atoms with Crippen molar-refractivity contribution < 1.29 is 9.63 Å². The van der Waals surface area contributed by atoms with Gasteiger partial charge in [0.05, 0.1) is 0 Å². The van der Waals surface area contributed by atoms with E-state index >= 15 is 0 Å². The molecule has 0 radical (unpaired) electrons. The summed E-state index contributed by atoms with van der Waals surface area (Å²) >= 11 is 0. The van der Waals surface area contributed by atoms with E-state index in [9.17, 15) is 4.79 Å². The lowest BCUT2D eigenvalue weighted by Gasteiger charge is -1.97. The summed E-state index contributed by atoms with van der Waals surface area (Å²) in [4.78, 5) is 14.6. The van der Waals surface area contributed by atoms with Crippen molar-refractivity contribution in [2.75, 3.05) is 0 Å². The average Bonchev–Trinajstić information content (AvgIpc) is 1.85. The fourth-order valence-corrected chi connectivity index (χ4v) is 0.572. The Hall–Kier alpha value is -0.860. The van der Waals surface area contributed by atoms with Crippen LogP contribution >= 0.6 is 0 Å². The standard InChI is InChI=1S/C8H15NO2/c1-7(2)5-4-6-9-11-8(3)10/h6-7H,4-5H2,1-3H3. The average molecular weight is 157 g/mol. The lowest BCUT2D eigenvalue weighted by atomic mass is 10.1. The molecule has 0 aromatic rings. The third-order valence-electron chi connectivity index (χ3n) is 1.13. The Morgan fingerprint density at radius 2 is 2.27 bits per heavy atom. The molecule has 0 unspecified atom stereocenters. The second-order valence-corrected chi connectivity index (χ2v) is 2.84. The molecule has 0 aliphatic rings. The normalized spacial score (nSPS) is 10.9. The molecule has 64 valence electrons. The van der Waals surface area contributed by atoms with Gasteiger partial charge in [-0.25, -0.2) is 4.79 Å². The number of nitrogens with zero attached hydrogens (tertiary/aromatic N) is 1. The maximum Gasteiger partial charge on any atom is 0.331 e. The van der Waals surface area contributed by atoms with Crippen molar-refractivity contribution in [1.29, 1.82) is 0 Å². The first kappa shape index (κ1) is 10.1. The third-order valence-corrected chi connectivity index (χ3v) is 1.13. The van der Waals surface area contributed by atoms with Gasteiger partial charge in [-0.15, -0.1) is 0 Å². The van der Waals surface area contributed by atoms with E-state index < -0.39 is 0 Å². The SMILES string of the molecule is CC(=O)ON=CCCC(C)C. The molecule has 0 aliphatic heterocycles. The second-order valence-electron chi connectivity index (χ2n) is 2.84. The van der Waals surface area contributed by atoms with Crippen LogP contribution in [-0.2, 0) is 9.63 Å². The number of oxime groups is 1. The van der Waals surface area contributed by atoms with Crippen LogP contribution in [0.1, 0.15) is 33.6 Å². The number of hydrogen-bond donors (Lipinski definition) is 0. The number of carbonyl (C=O) groups is 1. The molecule has 0 aliphatic carbocycles. The van der Waals surface area contributed by atoms with Crippen LogP contribution < -0.4 is 0 Å². The molecule has 0 bridgehead atoms. The zero-order chi connectivity index (χ0) is 8.69. The van der Waals surface area contributed by atoms with Crippen LogP contribution in [0.25, 0.3) is 0 Å². The topological polar surface area (TPSA) is 38.7 Å². The fourth-order valence-electron chi connectivity index (χ4n) is 0.572. The van der Waals surface area contributed by atoms with E-state index in [1.165, 1.54) is 6.92 Å². The van der Waals surface area contributed by atoms with Gasteiger partial charge in [-0.3, -0.25) is 0 Å². The molecule has 0 saturated carbocycles. The zero-order valence-electron chi connectivity index (χ0n) is 7.33. The Morgan fingerprint density at radius 1 is 1.64 bits per heavy atom. The minimum Gasteiger partial charge on any atom is -0.319 e. The highest BCUT2D eigenvalue weighted by Crippen LogP contribution is 2.00. The second kappa shape index (κ2) is 5.89. The van der Waals surface area contributed by atoms with Crippen molar-refractivity contribution in [3.63, 3.8) is 0 Å². The fraction of sp³-hybridized carbons (Fsp3) is 0.750. The van der Waals surface area contributed by atoms with Gasteiger partial charge in [0.25, 0.3) is 0 Å². The molecule has 0 heterocycles. The minimum atomic E-state index is -0.370. The molecule has 0 amide bonds. The highest BCUT2D eigenvalue weighted by molar-refractivity contribution is 5.67. The lowest BCUT2D eigenvalue weighted by molar-refractivity contribution is -0.140. The Labute approximate surface area is 67.4 Å². The molecular formula is C8H15NO2. The smallest absolute Gasteiger partial charge is 0.319 e. The highest BCUT2D eigenvalue weighted by atomic mass is 16.7. The summed E-state index contributed by atoms with van der Waals surface area (Å²) in [5.41, 5.74) is 0. The Bertz CT molecular complexity index is 141. The number of carbonyl (C=O) groups excluding carboxylic acids is 1. The molecule has 3 heteroatoms. The molecule has 0 N–H and O–H groups in total. The molecule has 0 aromatic carbocycles. The van der Waals surface area contributed by atoms with Gasteiger partial charge in [0.15, 0.2) is 0 Å². The summed E-state index contributed by atoms with van der Waals surface area (Å²) in [6, 6.07) is 0. The van der Waals surface area contributed by atoms with Crippen molar-refractivity contribution in [3.8, 4) is 0 Å². The Balaban J connectivity index is 3.23. The van der Waals surface area contributed by atoms with Crippen molar-refractivity contribution in [1.82, 2.24) is 0 Å². The molecule has 0 rings (SSSR count). The Morgan fingerprint density at radius 3 is 2.73 bits per heavy atom. The first-order valence-electron chi connectivity index (χ1n) is 3.82. The van der Waals surface area contributed by atoms with Gasteiger partial charge in [0.1, 0.15) is 0 Å². The van der Waals surface area contributed by atoms with Crippen LogP contribution in [0, 0.1) is 5.92 Å². The predicted octanol–water partition coefficient (Wildman–Crippen LogP) is 1.97. The van der Waals surface area contributed by atoms with Gasteiger partial charge in [-0.05, 0) is 18.8 Å². The minimum absolute atomic E-state index is 0.370. The maximum atomic E-state index is 10.2. The van der Waals surface area contributed by atoms with Crippen LogP contribution in [0.4, 0.5) is 0 Å². The maximum absolute atomic E-state index is 10.2. The van der Waals surface area contributed by atoms with Gasteiger partial charge in [0, 0.05) is 13.1 Å². The monoisotopic (exact) mass is 157 g/mol. The zero-order valence-corrected chi connectivity index (χ0v) is 7.33. The molecule has 0 spiro atoms. The first-order valence-corrected chi connectivity index (χ1v) is 3.82. The van der Waals surface area contributed by atoms with E-state index in [1.54, 1.807) is 6.21 Å². The van der Waals surface area contributed by atoms with E-state index in [0.29, 0.717) is 5.92 Å². The van der Waals surface area contributed by atoms with E-state index in [1.807, 2.05) is 0 Å². The molecule has 11 heavy (non-hydrogen) atoms. The van der Waals surface area contributed by atoms with Crippen molar-refractivity contribution in [2.45, 2.75) is 33.6 Å². The quantitative estimate of drug-likeness (QED) is 0.355. The van der Waals surface area contributed by atoms with Gasteiger partial charge in [-0.2, -0.15) is 0 Å². The molecule has 3 nitrogen and oxygen atoms in total. The van der Waals surface area contributed by atoms with Crippen molar-refractivity contribution in [2.24, 2.45) is 11.1 Å². The van der Waals surface area contributed by atoms with Crippen LogP contribution in [0.3, 0.4) is 0 Å². The number of rotatable bonds is 4. The van der Waals surface area contributed by atoms with Crippen LogP contribution in [-0.4, -0.2) is 12.2 Å². The largest absolute Gasteiger partial charge is 0.331 e. The molecular weight excluding hydrogens is 142 g/mol. The van der Waals surface area contributed by atoms with E-state index in [-0.39, 0.29) is 5.97 Å². The van der Waals surface area contributed by atoms with Crippen molar-refractivity contribution >= 4 is 12.2 Å². The van der Waals surface area contributed by atoms with Gasteiger partial charge < -0.3 is 4.84 Å². The highest BCUT2D eigenvalue weighted by Gasteiger charge is 1.90. The van der Waals surface area contributed by atoms with Crippen LogP contribution in [0.5, 0.6) is 0 Å². The summed E-state index contributed by atoms with van der Waals surface area (Å²) in [7, 11) is 0. The molecule has 0 atom stereocenters. The van der Waals surface area contributed by atoms with Gasteiger partial charge >= 0.3 is 5.97 Å². The van der Waals surface area contributed by atoms with Gasteiger partial charge in [0.2, 0.25) is 0 Å². The lowest BCUT2D eigenvalue weighted by Crippen LogP contribution is -1.92. The van der Waals surface area contributed by atoms with Crippen LogP contribution in [0.2, 0.25) is 0 Å². The summed E-state index contributed by atoms with van der Waals surface area (Å²) in [6.07, 6.45) is 3.57. The summed E-state index contributed by atoms with van der Waals surface area (Å²) in [5, 5.41) is 3.47. The summed E-state index contributed by atoms with van der Waals surface area (Å²) in [6.45, 7) is 5.61. The van der Waals surface area contributed by atoms with E-state index in [0.717, 1.165) is 12.8 Å². The van der Waals surface area contributed by atoms with Crippen molar-refractivity contribution in [3.05, 3.63) is 0 Å². The van der Waals surface area contributed by atoms with E-state index in [2.05, 4.69) is 23.8 Å². The van der Waals surface area contributed by atoms with Gasteiger partial charge in [-0.1, -0.05) is 19.0 Å². The van der Waals surface area contributed by atoms with E-state index in [4.69, 9.17) is 0 Å². The summed E-state index contributed by atoms with van der Waals surface area (Å²) < 4.78 is 0. The molecule has 0 saturated heterocycles. The molecule has 0 fully saturated rings. The third kappa shape index (κ3) is 9.14. The number of hydrogen-bond acceptors (Lipinski definition) is 3. The summed E-state index contributed by atoms with van der Waals surface area (Å²) in [5.74, 6) is 0.296. The first-order chi connectivity index (χ1) is 5.13.